The van der Waals surface area contributed by atoms with Crippen LogP contribution in [0.25, 0.3) is 11.3 Å². The second-order valence-corrected chi connectivity index (χ2v) is 9.86. The second kappa shape index (κ2) is 13.2. The van der Waals surface area contributed by atoms with E-state index in [2.05, 4.69) is 30.8 Å². The lowest BCUT2D eigenvalue weighted by atomic mass is 10.1. The molecule has 4 N–H and O–H groups in total. The molecule has 0 aliphatic heterocycles. The number of carbonyl (C=O) groups excluding carboxylic acids is 2. The molecule has 1 aromatic carbocycles. The number of nitrogens with one attached hydrogen (secondary N) is 2. The quantitative estimate of drug-likeness (QED) is 0.253. The summed E-state index contributed by atoms with van der Waals surface area (Å²) in [7, 11) is 3.07. The van der Waals surface area contributed by atoms with Crippen molar-refractivity contribution in [1.82, 2.24) is 25.5 Å². The van der Waals surface area contributed by atoms with E-state index < -0.39 is 6.09 Å². The summed E-state index contributed by atoms with van der Waals surface area (Å²) in [6, 6.07) is 8.42. The number of anilines is 2. The molecule has 0 aliphatic rings. The maximum atomic E-state index is 11.9. The van der Waals surface area contributed by atoms with Gasteiger partial charge in [0.1, 0.15) is 12.3 Å². The van der Waals surface area contributed by atoms with Crippen LogP contribution in [0.3, 0.4) is 0 Å². The van der Waals surface area contributed by atoms with E-state index in [0.717, 1.165) is 0 Å². The Kier molecular flexibility index (Phi) is 10.0. The Balaban J connectivity index is 1.33. The Labute approximate surface area is 213 Å². The normalized spacial score (nSPS) is 10.5. The van der Waals surface area contributed by atoms with E-state index >= 15 is 0 Å². The summed E-state index contributed by atoms with van der Waals surface area (Å²) in [6.07, 6.45) is 2.39. The predicted molar refractivity (Wildman–Crippen MR) is 136 cm³/mol. The van der Waals surface area contributed by atoms with Crippen LogP contribution in [-0.2, 0) is 4.74 Å². The van der Waals surface area contributed by atoms with Crippen molar-refractivity contribution in [3.63, 3.8) is 0 Å². The Morgan fingerprint density at radius 1 is 1.09 bits per heavy atom. The van der Waals surface area contributed by atoms with Crippen LogP contribution >= 0.6 is 44.8 Å². The van der Waals surface area contributed by atoms with Crippen LogP contribution in [0.2, 0.25) is 10.0 Å². The van der Waals surface area contributed by atoms with Crippen molar-refractivity contribution in [2.24, 2.45) is 0 Å². The average molecular weight is 540 g/mol. The standard InChI is InChI=1S/C20H19Cl2N7O3S2/c21-14-5-1-4-13(15(14)22)16-17(23)26-19(29-28-16)27-20(31)32-8-10-34-33-9-7-25-18(30)12-3-2-6-24-11-12/h1-6,11H,7-10H2,(H,25,30)(H3,23,26,27,29,31). The van der Waals surface area contributed by atoms with E-state index in [1.165, 1.54) is 17.0 Å². The number of hydrogen-bond donors (Lipinski definition) is 3. The molecule has 2 heterocycles. The number of aromatic nitrogens is 4. The zero-order valence-electron chi connectivity index (χ0n) is 17.5. The first-order valence-electron chi connectivity index (χ1n) is 9.76. The van der Waals surface area contributed by atoms with Crippen molar-refractivity contribution in [2.45, 2.75) is 0 Å². The molecule has 2 aromatic heterocycles. The van der Waals surface area contributed by atoms with E-state index in [1.54, 1.807) is 47.3 Å². The van der Waals surface area contributed by atoms with Crippen LogP contribution in [0, 0.1) is 0 Å². The van der Waals surface area contributed by atoms with E-state index in [4.69, 9.17) is 33.7 Å². The summed E-state index contributed by atoms with van der Waals surface area (Å²) in [5, 5.41) is 13.6. The number of halogens is 2. The molecule has 0 saturated carbocycles. The van der Waals surface area contributed by atoms with Crippen molar-refractivity contribution in [2.75, 3.05) is 35.7 Å². The highest BCUT2D eigenvalue weighted by molar-refractivity contribution is 8.76. The third-order valence-corrected chi connectivity index (χ3v) is 7.20. The summed E-state index contributed by atoms with van der Waals surface area (Å²) >= 11 is 12.2. The molecule has 0 aliphatic carbocycles. The molecule has 10 nitrogen and oxygen atoms in total. The minimum Gasteiger partial charge on any atom is -0.448 e. The maximum absolute atomic E-state index is 11.9. The highest BCUT2D eigenvalue weighted by Gasteiger charge is 2.15. The highest BCUT2D eigenvalue weighted by Crippen LogP contribution is 2.34. The first-order valence-corrected chi connectivity index (χ1v) is 13.0. The zero-order valence-corrected chi connectivity index (χ0v) is 20.7. The van der Waals surface area contributed by atoms with Crippen molar-refractivity contribution in [1.29, 1.82) is 0 Å². The molecule has 3 aromatic rings. The predicted octanol–water partition coefficient (Wildman–Crippen LogP) is 4.18. The van der Waals surface area contributed by atoms with Gasteiger partial charge in [0.2, 0.25) is 0 Å². The molecular weight excluding hydrogens is 521 g/mol. The average Bonchev–Trinajstić information content (AvgIpc) is 2.83. The highest BCUT2D eigenvalue weighted by atomic mass is 35.5. The monoisotopic (exact) mass is 539 g/mol. The summed E-state index contributed by atoms with van der Waals surface area (Å²) in [5.41, 5.74) is 7.18. The lowest BCUT2D eigenvalue weighted by Gasteiger charge is -2.09. The van der Waals surface area contributed by atoms with E-state index in [0.29, 0.717) is 34.2 Å². The van der Waals surface area contributed by atoms with Gasteiger partial charge in [0.25, 0.3) is 11.9 Å². The first kappa shape index (κ1) is 25.8. The van der Waals surface area contributed by atoms with Gasteiger partial charge in [-0.3, -0.25) is 15.1 Å². The van der Waals surface area contributed by atoms with Gasteiger partial charge in [0.05, 0.1) is 15.6 Å². The van der Waals surface area contributed by atoms with Crippen molar-refractivity contribution in [3.8, 4) is 11.3 Å². The Morgan fingerprint density at radius 2 is 1.91 bits per heavy atom. The Bertz CT molecular complexity index is 1140. The third-order valence-electron chi connectivity index (χ3n) is 4.01. The number of benzene rings is 1. The summed E-state index contributed by atoms with van der Waals surface area (Å²) in [5.74, 6) is 1.01. The SMILES string of the molecule is Nc1nc(NC(=O)OCCSSCCNC(=O)c2cccnc2)nnc1-c1cccc(Cl)c1Cl. The van der Waals surface area contributed by atoms with Crippen LogP contribution in [0.1, 0.15) is 10.4 Å². The Morgan fingerprint density at radius 3 is 2.68 bits per heavy atom. The topological polar surface area (TPSA) is 145 Å². The fraction of sp³-hybridized carbons (Fsp3) is 0.200. The van der Waals surface area contributed by atoms with Gasteiger partial charge in [0.15, 0.2) is 5.82 Å². The fourth-order valence-corrected chi connectivity index (χ4v) is 4.61. The summed E-state index contributed by atoms with van der Waals surface area (Å²) < 4.78 is 5.09. The number of nitrogen functional groups attached to an aromatic ring is 1. The van der Waals surface area contributed by atoms with Crippen molar-refractivity contribution in [3.05, 3.63) is 58.3 Å². The molecule has 0 atom stereocenters. The Hall–Kier alpha value is -2.80. The minimum absolute atomic E-state index is 0.0250. The van der Waals surface area contributed by atoms with Gasteiger partial charge in [-0.05, 0) is 18.2 Å². The molecule has 0 saturated heterocycles. The number of amides is 2. The molecule has 3 rings (SSSR count). The fourth-order valence-electron chi connectivity index (χ4n) is 2.49. The number of carbonyl (C=O) groups is 2. The molecule has 34 heavy (non-hydrogen) atoms. The lowest BCUT2D eigenvalue weighted by Crippen LogP contribution is -2.25. The molecule has 14 heteroatoms. The number of ether oxygens (including phenoxy) is 1. The van der Waals surface area contributed by atoms with Gasteiger partial charge in [-0.25, -0.2) is 4.79 Å². The molecule has 0 bridgehead atoms. The smallest absolute Gasteiger partial charge is 0.414 e. The molecular formula is C20H19Cl2N7O3S2. The van der Waals surface area contributed by atoms with Crippen LogP contribution in [-0.4, -0.2) is 56.8 Å². The number of nitrogens with two attached hydrogens (primary N) is 1. The molecule has 178 valence electrons. The number of hydrogen-bond acceptors (Lipinski definition) is 10. The number of rotatable bonds is 10. The molecule has 0 fully saturated rings. The van der Waals surface area contributed by atoms with Gasteiger partial charge >= 0.3 is 6.09 Å². The van der Waals surface area contributed by atoms with Crippen LogP contribution in [0.4, 0.5) is 16.6 Å². The summed E-state index contributed by atoms with van der Waals surface area (Å²) in [6.45, 7) is 0.680. The summed E-state index contributed by atoms with van der Waals surface area (Å²) in [4.78, 5) is 31.7. The van der Waals surface area contributed by atoms with Crippen LogP contribution in [0.15, 0.2) is 42.7 Å². The zero-order chi connectivity index (χ0) is 24.3. The van der Waals surface area contributed by atoms with Gasteiger partial charge < -0.3 is 15.8 Å². The van der Waals surface area contributed by atoms with Crippen LogP contribution < -0.4 is 16.4 Å². The molecule has 0 spiro atoms. The van der Waals surface area contributed by atoms with Crippen molar-refractivity contribution >= 4 is 68.6 Å². The van der Waals surface area contributed by atoms with Gasteiger partial charge in [-0.2, -0.15) is 4.98 Å². The number of nitrogens with zero attached hydrogens (tertiary/aromatic N) is 4. The van der Waals surface area contributed by atoms with Gasteiger partial charge in [-0.15, -0.1) is 10.2 Å². The van der Waals surface area contributed by atoms with Gasteiger partial charge in [-0.1, -0.05) is 56.9 Å². The molecule has 2 amide bonds. The number of pyridine rings is 1. The maximum Gasteiger partial charge on any atom is 0.414 e. The molecule has 0 unspecified atom stereocenters. The van der Waals surface area contributed by atoms with Gasteiger partial charge in [0, 0.05) is 36.0 Å². The van der Waals surface area contributed by atoms with E-state index in [1.807, 2.05) is 0 Å². The van der Waals surface area contributed by atoms with Crippen LogP contribution in [0.5, 0.6) is 0 Å². The van der Waals surface area contributed by atoms with Crippen molar-refractivity contribution < 1.29 is 14.3 Å². The molecule has 0 radical (unpaired) electrons. The van der Waals surface area contributed by atoms with E-state index in [9.17, 15) is 9.59 Å². The third kappa shape index (κ3) is 7.62. The minimum atomic E-state index is -0.732. The lowest BCUT2D eigenvalue weighted by molar-refractivity contribution is 0.0955. The first-order chi connectivity index (χ1) is 16.5. The van der Waals surface area contributed by atoms with E-state index in [-0.39, 0.29) is 35.0 Å². The second-order valence-electron chi connectivity index (χ2n) is 6.37. The largest absolute Gasteiger partial charge is 0.448 e.